The first-order valence-corrected chi connectivity index (χ1v) is 10.4. The molecule has 3 aromatic rings. The van der Waals surface area contributed by atoms with Crippen molar-refractivity contribution in [3.05, 3.63) is 47.9 Å². The predicted molar refractivity (Wildman–Crippen MR) is 93.9 cm³/mol. The van der Waals surface area contributed by atoms with Crippen molar-refractivity contribution < 1.29 is 17.3 Å². The van der Waals surface area contributed by atoms with Crippen molar-refractivity contribution in [1.82, 2.24) is 9.71 Å². The van der Waals surface area contributed by atoms with E-state index in [0.717, 1.165) is 29.4 Å². The molecule has 1 saturated carbocycles. The third-order valence-corrected chi connectivity index (χ3v) is 7.29. The molecule has 1 fully saturated rings. The lowest BCUT2D eigenvalue weighted by Gasteiger charge is -2.21. The standard InChI is InChI=1S/C17H18N2O4S2/c1-11-5-6-13(22-11)9-19-25(20,21)16-8-7-15(24-16)14-10-18-17(23-14)12-3-2-4-12/h5-8,10,12,19H,2-4,9H2,1H3. The highest BCUT2D eigenvalue weighted by atomic mass is 32.2. The summed E-state index contributed by atoms with van der Waals surface area (Å²) in [6.07, 6.45) is 5.11. The monoisotopic (exact) mass is 378 g/mol. The quantitative estimate of drug-likeness (QED) is 0.699. The molecule has 0 aromatic carbocycles. The maximum Gasteiger partial charge on any atom is 0.250 e. The first-order valence-electron chi connectivity index (χ1n) is 8.12. The fraction of sp³-hybridized carbons (Fsp3) is 0.353. The van der Waals surface area contributed by atoms with Gasteiger partial charge in [-0.1, -0.05) is 6.42 Å². The molecule has 0 saturated heterocycles. The Morgan fingerprint density at radius 1 is 1.24 bits per heavy atom. The van der Waals surface area contributed by atoms with Crippen LogP contribution in [-0.4, -0.2) is 13.4 Å². The highest BCUT2D eigenvalue weighted by Gasteiger charge is 2.25. The Hall–Kier alpha value is -1.90. The summed E-state index contributed by atoms with van der Waals surface area (Å²) in [5.74, 6) is 3.12. The Morgan fingerprint density at radius 2 is 2.08 bits per heavy atom. The SMILES string of the molecule is Cc1ccc(CNS(=O)(=O)c2ccc(-c3cnc(C4CCC4)o3)s2)o1. The zero-order chi connectivity index (χ0) is 17.4. The zero-order valence-corrected chi connectivity index (χ0v) is 15.3. The van der Waals surface area contributed by atoms with Crippen molar-refractivity contribution in [2.24, 2.45) is 0 Å². The van der Waals surface area contributed by atoms with Gasteiger partial charge in [0.2, 0.25) is 10.0 Å². The van der Waals surface area contributed by atoms with E-state index in [4.69, 9.17) is 8.83 Å². The van der Waals surface area contributed by atoms with E-state index in [1.165, 1.54) is 17.8 Å². The number of thiophene rings is 1. The summed E-state index contributed by atoms with van der Waals surface area (Å²) < 4.78 is 38.9. The number of aryl methyl sites for hydroxylation is 1. The number of nitrogens with zero attached hydrogens (tertiary/aromatic N) is 1. The molecule has 0 atom stereocenters. The van der Waals surface area contributed by atoms with E-state index in [-0.39, 0.29) is 10.8 Å². The Kier molecular flexibility index (Phi) is 4.26. The van der Waals surface area contributed by atoms with Crippen molar-refractivity contribution in [2.45, 2.75) is 42.9 Å². The molecule has 25 heavy (non-hydrogen) atoms. The average Bonchev–Trinajstić information content (AvgIpc) is 3.23. The molecule has 132 valence electrons. The summed E-state index contributed by atoms with van der Waals surface area (Å²) in [5, 5.41) is 0. The third kappa shape index (κ3) is 3.42. The summed E-state index contributed by atoms with van der Waals surface area (Å²) in [7, 11) is -3.59. The van der Waals surface area contributed by atoms with Gasteiger partial charge in [0, 0.05) is 5.92 Å². The summed E-state index contributed by atoms with van der Waals surface area (Å²) in [6.45, 7) is 1.94. The van der Waals surface area contributed by atoms with Crippen molar-refractivity contribution in [1.29, 1.82) is 0 Å². The fourth-order valence-corrected chi connectivity index (χ4v) is 4.95. The van der Waals surface area contributed by atoms with E-state index in [2.05, 4.69) is 9.71 Å². The molecular formula is C17H18N2O4S2. The van der Waals surface area contributed by atoms with Crippen LogP contribution in [0.4, 0.5) is 0 Å². The van der Waals surface area contributed by atoms with E-state index in [1.807, 2.05) is 6.92 Å². The maximum atomic E-state index is 12.4. The summed E-state index contributed by atoms with van der Waals surface area (Å²) in [5.41, 5.74) is 0. The minimum Gasteiger partial charge on any atom is -0.465 e. The number of hydrogen-bond acceptors (Lipinski definition) is 6. The van der Waals surface area contributed by atoms with Gasteiger partial charge in [-0.3, -0.25) is 0 Å². The molecule has 3 aromatic heterocycles. The number of rotatable bonds is 6. The van der Waals surface area contributed by atoms with E-state index >= 15 is 0 Å². The highest BCUT2D eigenvalue weighted by molar-refractivity contribution is 7.91. The Balaban J connectivity index is 1.48. The molecule has 0 unspecified atom stereocenters. The first kappa shape index (κ1) is 16.6. The number of aromatic nitrogens is 1. The smallest absolute Gasteiger partial charge is 0.250 e. The molecule has 0 spiro atoms. The van der Waals surface area contributed by atoms with E-state index in [1.54, 1.807) is 30.5 Å². The third-order valence-electron chi connectivity index (χ3n) is 4.30. The van der Waals surface area contributed by atoms with Crippen molar-refractivity contribution in [3.63, 3.8) is 0 Å². The van der Waals surface area contributed by atoms with Crippen LogP contribution in [0.15, 0.2) is 43.5 Å². The van der Waals surface area contributed by atoms with Crippen molar-refractivity contribution in [3.8, 4) is 10.6 Å². The first-order chi connectivity index (χ1) is 12.0. The molecule has 3 heterocycles. The summed E-state index contributed by atoms with van der Waals surface area (Å²) in [4.78, 5) is 5.08. The van der Waals surface area contributed by atoms with Crippen LogP contribution in [0.25, 0.3) is 10.6 Å². The van der Waals surface area contributed by atoms with Crippen LogP contribution >= 0.6 is 11.3 Å². The molecule has 8 heteroatoms. The normalized spacial score (nSPS) is 15.4. The van der Waals surface area contributed by atoms with Gasteiger partial charge >= 0.3 is 0 Å². The molecule has 0 amide bonds. The van der Waals surface area contributed by atoms with Crippen molar-refractivity contribution in [2.75, 3.05) is 0 Å². The van der Waals surface area contributed by atoms with Crippen LogP contribution in [0, 0.1) is 6.92 Å². The molecule has 1 aliphatic rings. The van der Waals surface area contributed by atoms with Gasteiger partial charge in [-0.05, 0) is 44.0 Å². The molecule has 0 bridgehead atoms. The maximum absolute atomic E-state index is 12.4. The van der Waals surface area contributed by atoms with Crippen LogP contribution in [0.1, 0.15) is 42.6 Å². The Morgan fingerprint density at radius 3 is 2.76 bits per heavy atom. The molecule has 4 rings (SSSR count). The van der Waals surface area contributed by atoms with Crippen LogP contribution in [0.5, 0.6) is 0 Å². The van der Waals surface area contributed by atoms with E-state index < -0.39 is 10.0 Å². The number of hydrogen-bond donors (Lipinski definition) is 1. The van der Waals surface area contributed by atoms with Gasteiger partial charge < -0.3 is 8.83 Å². The molecule has 6 nitrogen and oxygen atoms in total. The molecular weight excluding hydrogens is 360 g/mol. The van der Waals surface area contributed by atoms with Gasteiger partial charge in [-0.2, -0.15) is 0 Å². The van der Waals surface area contributed by atoms with Gasteiger partial charge in [-0.25, -0.2) is 18.1 Å². The fourth-order valence-electron chi connectivity index (χ4n) is 2.66. The van der Waals surface area contributed by atoms with Gasteiger partial charge in [0.05, 0.1) is 17.6 Å². The number of furan rings is 1. The van der Waals surface area contributed by atoms with E-state index in [9.17, 15) is 8.42 Å². The molecule has 0 aliphatic heterocycles. The summed E-state index contributed by atoms with van der Waals surface area (Å²) >= 11 is 1.17. The largest absolute Gasteiger partial charge is 0.465 e. The lowest BCUT2D eigenvalue weighted by Crippen LogP contribution is -2.22. The van der Waals surface area contributed by atoms with Crippen LogP contribution in [-0.2, 0) is 16.6 Å². The van der Waals surface area contributed by atoms with Gasteiger partial charge in [0.1, 0.15) is 15.7 Å². The van der Waals surface area contributed by atoms with E-state index in [0.29, 0.717) is 17.4 Å². The number of oxazole rings is 1. The Labute approximate surface area is 149 Å². The number of sulfonamides is 1. The van der Waals surface area contributed by atoms with Gasteiger partial charge in [-0.15, -0.1) is 11.3 Å². The second-order valence-electron chi connectivity index (χ2n) is 6.15. The second kappa shape index (κ2) is 6.44. The molecule has 1 N–H and O–H groups in total. The summed E-state index contributed by atoms with van der Waals surface area (Å²) in [6, 6.07) is 6.90. The molecule has 1 aliphatic carbocycles. The lowest BCUT2D eigenvalue weighted by atomic mass is 9.85. The second-order valence-corrected chi connectivity index (χ2v) is 9.22. The van der Waals surface area contributed by atoms with Crippen molar-refractivity contribution >= 4 is 21.4 Å². The topological polar surface area (TPSA) is 85.3 Å². The van der Waals surface area contributed by atoms with Gasteiger partial charge in [0.25, 0.3) is 0 Å². The highest BCUT2D eigenvalue weighted by Crippen LogP contribution is 2.38. The van der Waals surface area contributed by atoms with Gasteiger partial charge in [0.15, 0.2) is 11.7 Å². The predicted octanol–water partition coefficient (Wildman–Crippen LogP) is 4.05. The average molecular weight is 378 g/mol. The van der Waals surface area contributed by atoms with Crippen LogP contribution < -0.4 is 4.72 Å². The minimum absolute atomic E-state index is 0.123. The zero-order valence-electron chi connectivity index (χ0n) is 13.7. The van der Waals surface area contributed by atoms with Crippen LogP contribution in [0.3, 0.4) is 0 Å². The minimum atomic E-state index is -3.59. The van der Waals surface area contributed by atoms with Crippen LogP contribution in [0.2, 0.25) is 0 Å². The number of nitrogens with one attached hydrogen (secondary N) is 1. The lowest BCUT2D eigenvalue weighted by molar-refractivity contribution is 0.338. The molecule has 0 radical (unpaired) electrons. The Bertz CT molecular complexity index is 980.